The van der Waals surface area contributed by atoms with Crippen molar-refractivity contribution in [3.05, 3.63) is 35.4 Å². The van der Waals surface area contributed by atoms with Crippen LogP contribution in [0.2, 0.25) is 0 Å². The zero-order chi connectivity index (χ0) is 12.1. The number of aliphatic hydroxyl groups is 1. The Kier molecular flexibility index (Phi) is 4.50. The third-order valence-corrected chi connectivity index (χ3v) is 2.63. The van der Waals surface area contributed by atoms with Gasteiger partial charge in [-0.15, -0.1) is 0 Å². The highest BCUT2D eigenvalue weighted by atomic mass is 16.3. The second kappa shape index (κ2) is 5.66. The molecule has 3 heteroatoms. The van der Waals surface area contributed by atoms with E-state index in [9.17, 15) is 4.79 Å². The molecule has 2 N–H and O–H groups in total. The lowest BCUT2D eigenvalue weighted by atomic mass is 10.0. The van der Waals surface area contributed by atoms with Crippen molar-refractivity contribution in [3.8, 4) is 0 Å². The summed E-state index contributed by atoms with van der Waals surface area (Å²) in [6.07, 6.45) is 0. The highest BCUT2D eigenvalue weighted by Gasteiger charge is 2.15. The first-order valence-corrected chi connectivity index (χ1v) is 5.53. The standard InChI is InChI=1S/C13H19NO2/c1-9(2)12(8-15)14-13(16)11-6-4-10(3)5-7-11/h4-7,9,12,15H,8H2,1-3H3,(H,14,16)/t12-/m0/s1. The molecule has 0 aromatic heterocycles. The number of hydrogen-bond acceptors (Lipinski definition) is 2. The first kappa shape index (κ1) is 12.7. The number of aryl methyl sites for hydroxylation is 1. The normalized spacial score (nSPS) is 12.6. The number of nitrogens with one attached hydrogen (secondary N) is 1. The number of aliphatic hydroxyl groups excluding tert-OH is 1. The summed E-state index contributed by atoms with van der Waals surface area (Å²) < 4.78 is 0. The van der Waals surface area contributed by atoms with E-state index in [0.717, 1.165) is 5.56 Å². The van der Waals surface area contributed by atoms with Crippen LogP contribution in [0, 0.1) is 12.8 Å². The highest BCUT2D eigenvalue weighted by Crippen LogP contribution is 2.06. The van der Waals surface area contributed by atoms with Crippen LogP contribution >= 0.6 is 0 Å². The molecule has 0 radical (unpaired) electrons. The number of amides is 1. The summed E-state index contributed by atoms with van der Waals surface area (Å²) in [5.74, 6) is 0.0900. The minimum absolute atomic E-state index is 0.0325. The Morgan fingerprint density at radius 1 is 1.31 bits per heavy atom. The molecule has 0 aliphatic heterocycles. The molecule has 0 saturated carbocycles. The zero-order valence-electron chi connectivity index (χ0n) is 10.0. The molecule has 0 unspecified atom stereocenters. The molecule has 88 valence electrons. The lowest BCUT2D eigenvalue weighted by Crippen LogP contribution is -2.41. The lowest BCUT2D eigenvalue weighted by Gasteiger charge is -2.19. The summed E-state index contributed by atoms with van der Waals surface area (Å²) in [6.45, 7) is 5.88. The van der Waals surface area contributed by atoms with Crippen molar-refractivity contribution in [2.75, 3.05) is 6.61 Å². The van der Waals surface area contributed by atoms with Gasteiger partial charge in [-0.1, -0.05) is 31.5 Å². The van der Waals surface area contributed by atoms with Gasteiger partial charge in [-0.3, -0.25) is 4.79 Å². The maximum atomic E-state index is 11.8. The minimum Gasteiger partial charge on any atom is -0.394 e. The van der Waals surface area contributed by atoms with Crippen LogP contribution in [0.25, 0.3) is 0 Å². The van der Waals surface area contributed by atoms with Crippen molar-refractivity contribution in [3.63, 3.8) is 0 Å². The molecule has 0 heterocycles. The number of hydrogen-bond donors (Lipinski definition) is 2. The summed E-state index contributed by atoms with van der Waals surface area (Å²) in [4.78, 5) is 11.8. The molecule has 0 bridgehead atoms. The summed E-state index contributed by atoms with van der Waals surface area (Å²) in [6, 6.07) is 7.20. The summed E-state index contributed by atoms with van der Waals surface area (Å²) in [7, 11) is 0. The summed E-state index contributed by atoms with van der Waals surface area (Å²) >= 11 is 0. The Morgan fingerprint density at radius 3 is 2.31 bits per heavy atom. The smallest absolute Gasteiger partial charge is 0.251 e. The third kappa shape index (κ3) is 3.35. The molecule has 16 heavy (non-hydrogen) atoms. The van der Waals surface area contributed by atoms with E-state index in [2.05, 4.69) is 5.32 Å². The molecule has 1 aromatic rings. The second-order valence-electron chi connectivity index (χ2n) is 4.37. The average Bonchev–Trinajstić information content (AvgIpc) is 2.26. The van der Waals surface area contributed by atoms with Crippen LogP contribution in [-0.2, 0) is 0 Å². The van der Waals surface area contributed by atoms with Crippen LogP contribution in [0.15, 0.2) is 24.3 Å². The van der Waals surface area contributed by atoms with E-state index in [1.54, 1.807) is 12.1 Å². The van der Waals surface area contributed by atoms with E-state index in [-0.39, 0.29) is 24.5 Å². The molecule has 1 aromatic carbocycles. The Morgan fingerprint density at radius 2 is 1.88 bits per heavy atom. The van der Waals surface area contributed by atoms with Gasteiger partial charge in [0.2, 0.25) is 0 Å². The van der Waals surface area contributed by atoms with Gasteiger partial charge in [0.05, 0.1) is 12.6 Å². The minimum atomic E-state index is -0.186. The number of carbonyl (C=O) groups excluding carboxylic acids is 1. The highest BCUT2D eigenvalue weighted by molar-refractivity contribution is 5.94. The topological polar surface area (TPSA) is 49.3 Å². The predicted octanol–water partition coefficient (Wildman–Crippen LogP) is 1.74. The summed E-state index contributed by atoms with van der Waals surface area (Å²) in [5.41, 5.74) is 1.75. The summed E-state index contributed by atoms with van der Waals surface area (Å²) in [5, 5.41) is 11.9. The van der Waals surface area contributed by atoms with Crippen molar-refractivity contribution >= 4 is 5.91 Å². The van der Waals surface area contributed by atoms with Crippen molar-refractivity contribution in [2.24, 2.45) is 5.92 Å². The molecule has 0 fully saturated rings. The first-order chi connectivity index (χ1) is 7.54. The molecule has 1 atom stereocenters. The Hall–Kier alpha value is -1.35. The van der Waals surface area contributed by atoms with Crippen molar-refractivity contribution in [1.82, 2.24) is 5.32 Å². The Balaban J connectivity index is 2.68. The van der Waals surface area contributed by atoms with Gasteiger partial charge in [-0.2, -0.15) is 0 Å². The number of benzene rings is 1. The molecule has 0 spiro atoms. The second-order valence-corrected chi connectivity index (χ2v) is 4.37. The predicted molar refractivity (Wildman–Crippen MR) is 64.4 cm³/mol. The van der Waals surface area contributed by atoms with E-state index < -0.39 is 0 Å². The molecule has 1 amide bonds. The first-order valence-electron chi connectivity index (χ1n) is 5.53. The van der Waals surface area contributed by atoms with Crippen LogP contribution < -0.4 is 5.32 Å². The fourth-order valence-corrected chi connectivity index (χ4v) is 1.38. The monoisotopic (exact) mass is 221 g/mol. The van der Waals surface area contributed by atoms with Crippen molar-refractivity contribution in [1.29, 1.82) is 0 Å². The van der Waals surface area contributed by atoms with Gasteiger partial charge in [0.25, 0.3) is 5.91 Å². The fourth-order valence-electron chi connectivity index (χ4n) is 1.38. The fraction of sp³-hybridized carbons (Fsp3) is 0.462. The van der Waals surface area contributed by atoms with Gasteiger partial charge in [0.15, 0.2) is 0 Å². The zero-order valence-corrected chi connectivity index (χ0v) is 10.0. The van der Waals surface area contributed by atoms with Crippen molar-refractivity contribution in [2.45, 2.75) is 26.8 Å². The van der Waals surface area contributed by atoms with Crippen LogP contribution in [0.3, 0.4) is 0 Å². The Bertz CT molecular complexity index is 343. The van der Waals surface area contributed by atoms with Gasteiger partial charge in [-0.25, -0.2) is 0 Å². The van der Waals surface area contributed by atoms with Gasteiger partial charge < -0.3 is 10.4 Å². The lowest BCUT2D eigenvalue weighted by molar-refractivity contribution is 0.0897. The number of carbonyl (C=O) groups is 1. The van der Waals surface area contributed by atoms with Crippen LogP contribution in [0.1, 0.15) is 29.8 Å². The molecular weight excluding hydrogens is 202 g/mol. The van der Waals surface area contributed by atoms with Crippen LogP contribution in [0.5, 0.6) is 0 Å². The van der Waals surface area contributed by atoms with Gasteiger partial charge in [-0.05, 0) is 25.0 Å². The van der Waals surface area contributed by atoms with Crippen LogP contribution in [0.4, 0.5) is 0 Å². The third-order valence-electron chi connectivity index (χ3n) is 2.63. The maximum Gasteiger partial charge on any atom is 0.251 e. The van der Waals surface area contributed by atoms with Gasteiger partial charge in [0.1, 0.15) is 0 Å². The molecule has 1 rings (SSSR count). The molecule has 0 saturated heterocycles. The van der Waals surface area contributed by atoms with E-state index in [1.165, 1.54) is 0 Å². The van der Waals surface area contributed by atoms with Gasteiger partial charge >= 0.3 is 0 Å². The molecule has 3 nitrogen and oxygen atoms in total. The molecule has 0 aliphatic carbocycles. The number of rotatable bonds is 4. The van der Waals surface area contributed by atoms with Crippen molar-refractivity contribution < 1.29 is 9.90 Å². The molecular formula is C13H19NO2. The van der Waals surface area contributed by atoms with E-state index in [4.69, 9.17) is 5.11 Å². The largest absolute Gasteiger partial charge is 0.394 e. The van der Waals surface area contributed by atoms with E-state index >= 15 is 0 Å². The maximum absolute atomic E-state index is 11.8. The van der Waals surface area contributed by atoms with Crippen LogP contribution in [-0.4, -0.2) is 23.7 Å². The van der Waals surface area contributed by atoms with E-state index in [1.807, 2.05) is 32.9 Å². The van der Waals surface area contributed by atoms with Gasteiger partial charge in [0, 0.05) is 5.56 Å². The molecule has 0 aliphatic rings. The quantitative estimate of drug-likeness (QED) is 0.813. The average molecular weight is 221 g/mol. The Labute approximate surface area is 96.5 Å². The SMILES string of the molecule is Cc1ccc(C(=O)N[C@@H](CO)C(C)C)cc1. The van der Waals surface area contributed by atoms with E-state index in [0.29, 0.717) is 5.56 Å².